The number of nitrogens with zero attached hydrogens (tertiary/aromatic N) is 2. The molecule has 0 aromatic heterocycles. The van der Waals surface area contributed by atoms with Crippen LogP contribution in [0.3, 0.4) is 0 Å². The van der Waals surface area contributed by atoms with Crippen LogP contribution in [0.5, 0.6) is 0 Å². The van der Waals surface area contributed by atoms with E-state index in [0.29, 0.717) is 5.69 Å². The summed E-state index contributed by atoms with van der Waals surface area (Å²) in [4.78, 5) is 30.0. The third kappa shape index (κ3) is 1.54. The Hall–Kier alpha value is -2.01. The zero-order valence-corrected chi connectivity index (χ0v) is 13.2. The van der Waals surface area contributed by atoms with Gasteiger partial charge in [-0.25, -0.2) is 4.90 Å². The van der Waals surface area contributed by atoms with E-state index in [1.54, 1.807) is 12.1 Å². The second-order valence-electron chi connectivity index (χ2n) is 6.23. The molecule has 2 saturated heterocycles. The van der Waals surface area contributed by atoms with Crippen molar-refractivity contribution in [1.82, 2.24) is 4.90 Å². The van der Waals surface area contributed by atoms with Crippen LogP contribution in [0.4, 0.5) is 5.69 Å². The quantitative estimate of drug-likeness (QED) is 0.452. The van der Waals surface area contributed by atoms with Crippen molar-refractivity contribution >= 4 is 34.7 Å². The van der Waals surface area contributed by atoms with Gasteiger partial charge in [-0.3, -0.25) is 9.59 Å². The SMILES string of the molecule is CC1=C[C@@H]2C(=S)N(C)[C@H]1[C@@H]1C(=O)N(c3ccccc3)C(=O)[C@@H]12. The van der Waals surface area contributed by atoms with Crippen LogP contribution in [0.15, 0.2) is 42.0 Å². The van der Waals surface area contributed by atoms with Crippen LogP contribution in [0.1, 0.15) is 6.92 Å². The number of hydrogen-bond donors (Lipinski definition) is 0. The molecule has 0 radical (unpaired) electrons. The zero-order chi connectivity index (χ0) is 15.6. The average molecular weight is 312 g/mol. The van der Waals surface area contributed by atoms with Crippen molar-refractivity contribution in [3.05, 3.63) is 42.0 Å². The Morgan fingerprint density at radius 3 is 2.36 bits per heavy atom. The van der Waals surface area contributed by atoms with Crippen LogP contribution in [0, 0.1) is 17.8 Å². The first-order valence-electron chi connectivity index (χ1n) is 7.40. The number of piperidine rings is 1. The Morgan fingerprint density at radius 1 is 1.05 bits per heavy atom. The summed E-state index contributed by atoms with van der Waals surface area (Å²) >= 11 is 5.50. The molecule has 5 rings (SSSR count). The molecule has 4 nitrogen and oxygen atoms in total. The summed E-state index contributed by atoms with van der Waals surface area (Å²) in [7, 11) is 1.93. The molecule has 1 aliphatic carbocycles. The molecule has 1 aromatic rings. The number of imide groups is 1. The van der Waals surface area contributed by atoms with Crippen molar-refractivity contribution < 1.29 is 9.59 Å². The Bertz CT molecular complexity index is 727. The number of thiocarbonyl (C=S) groups is 1. The maximum absolute atomic E-state index is 12.9. The van der Waals surface area contributed by atoms with E-state index in [-0.39, 0.29) is 35.6 Å². The van der Waals surface area contributed by atoms with Crippen LogP contribution in [0.2, 0.25) is 0 Å². The first-order valence-corrected chi connectivity index (χ1v) is 7.81. The summed E-state index contributed by atoms with van der Waals surface area (Å²) in [5.41, 5.74) is 1.79. The number of likely N-dealkylation sites (N-methyl/N-ethyl adjacent to an activating group) is 1. The van der Waals surface area contributed by atoms with Crippen molar-refractivity contribution in [2.45, 2.75) is 13.0 Å². The predicted molar refractivity (Wildman–Crippen MR) is 87.3 cm³/mol. The first kappa shape index (κ1) is 13.6. The summed E-state index contributed by atoms with van der Waals surface area (Å²) in [5, 5.41) is 0. The Balaban J connectivity index is 1.82. The number of carbonyl (C=O) groups is 2. The number of hydrogen-bond acceptors (Lipinski definition) is 3. The summed E-state index contributed by atoms with van der Waals surface area (Å²) < 4.78 is 0. The molecule has 2 fully saturated rings. The Kier molecular flexibility index (Phi) is 2.78. The van der Waals surface area contributed by atoms with Crippen LogP contribution in [-0.4, -0.2) is 34.8 Å². The average Bonchev–Trinajstić information content (AvgIpc) is 2.77. The fourth-order valence-electron chi connectivity index (χ4n) is 4.17. The number of fused-ring (bicyclic) bond motifs is 1. The maximum atomic E-state index is 12.9. The summed E-state index contributed by atoms with van der Waals surface area (Å²) in [5.74, 6) is -1.02. The fourth-order valence-corrected chi connectivity index (χ4v) is 4.49. The number of anilines is 1. The summed E-state index contributed by atoms with van der Waals surface area (Å²) in [6.07, 6.45) is 2.08. The smallest absolute Gasteiger partial charge is 0.240 e. The highest BCUT2D eigenvalue weighted by Crippen LogP contribution is 2.49. The third-order valence-electron chi connectivity index (χ3n) is 5.10. The standard InChI is InChI=1S/C17H16N2O2S/c1-9-8-11-12-13(14(9)18(2)17(11)22)16(21)19(15(12)20)10-6-4-3-5-7-10/h3-8,11-14H,1-2H3/t11-,12+,13+,14+/m0/s1. The van der Waals surface area contributed by atoms with Gasteiger partial charge in [0.1, 0.15) is 0 Å². The van der Waals surface area contributed by atoms with Crippen LogP contribution < -0.4 is 4.90 Å². The van der Waals surface area contributed by atoms with Gasteiger partial charge in [0.15, 0.2) is 0 Å². The monoisotopic (exact) mass is 312 g/mol. The maximum Gasteiger partial charge on any atom is 0.240 e. The summed E-state index contributed by atoms with van der Waals surface area (Å²) in [6.45, 7) is 2.02. The number of rotatable bonds is 1. The van der Waals surface area contributed by atoms with E-state index in [1.807, 2.05) is 37.1 Å². The van der Waals surface area contributed by atoms with Gasteiger partial charge in [-0.2, -0.15) is 0 Å². The lowest BCUT2D eigenvalue weighted by Crippen LogP contribution is -2.58. The van der Waals surface area contributed by atoms with Gasteiger partial charge in [-0.15, -0.1) is 0 Å². The van der Waals surface area contributed by atoms with Gasteiger partial charge in [-0.05, 0) is 19.1 Å². The Morgan fingerprint density at radius 2 is 1.68 bits per heavy atom. The van der Waals surface area contributed by atoms with Crippen molar-refractivity contribution in [3.8, 4) is 0 Å². The number of carbonyl (C=O) groups excluding carboxylic acids is 2. The fraction of sp³-hybridized carbons (Fsp3) is 0.353. The minimum absolute atomic E-state index is 0.0901. The molecular formula is C17H16N2O2S. The van der Waals surface area contributed by atoms with E-state index in [0.717, 1.165) is 10.6 Å². The van der Waals surface area contributed by atoms with Crippen LogP contribution in [-0.2, 0) is 9.59 Å². The molecule has 5 heteroatoms. The zero-order valence-electron chi connectivity index (χ0n) is 12.4. The second kappa shape index (κ2) is 4.49. The van der Waals surface area contributed by atoms with Crippen LogP contribution >= 0.6 is 12.2 Å². The Labute approximate surface area is 134 Å². The highest BCUT2D eigenvalue weighted by Gasteiger charge is 2.61. The van der Waals surface area contributed by atoms with Crippen molar-refractivity contribution in [3.63, 3.8) is 0 Å². The molecule has 2 amide bonds. The van der Waals surface area contributed by atoms with Crippen molar-refractivity contribution in [2.75, 3.05) is 11.9 Å². The lowest BCUT2D eigenvalue weighted by atomic mass is 9.67. The molecule has 0 spiro atoms. The second-order valence-corrected chi connectivity index (χ2v) is 6.65. The van der Waals surface area contributed by atoms with Crippen molar-refractivity contribution in [2.24, 2.45) is 17.8 Å². The highest BCUT2D eigenvalue weighted by atomic mass is 32.1. The van der Waals surface area contributed by atoms with E-state index >= 15 is 0 Å². The van der Waals surface area contributed by atoms with Gasteiger partial charge in [0.05, 0.1) is 28.6 Å². The molecule has 3 heterocycles. The first-order chi connectivity index (χ1) is 10.5. The van der Waals surface area contributed by atoms with Gasteiger partial charge in [0, 0.05) is 13.0 Å². The van der Waals surface area contributed by atoms with Crippen molar-refractivity contribution in [1.29, 1.82) is 0 Å². The van der Waals surface area contributed by atoms with E-state index in [1.165, 1.54) is 4.90 Å². The van der Waals surface area contributed by atoms with Gasteiger partial charge >= 0.3 is 0 Å². The molecule has 4 aliphatic rings. The van der Waals surface area contributed by atoms with E-state index in [4.69, 9.17) is 12.2 Å². The van der Waals surface area contributed by atoms with Crippen LogP contribution in [0.25, 0.3) is 0 Å². The molecule has 112 valence electrons. The molecule has 0 unspecified atom stereocenters. The van der Waals surface area contributed by atoms with Gasteiger partial charge < -0.3 is 4.90 Å². The molecule has 0 N–H and O–H groups in total. The summed E-state index contributed by atoms with van der Waals surface area (Å²) in [6, 6.07) is 9.07. The highest BCUT2D eigenvalue weighted by molar-refractivity contribution is 7.80. The molecule has 3 aliphatic heterocycles. The number of benzene rings is 1. The van der Waals surface area contributed by atoms with E-state index in [9.17, 15) is 9.59 Å². The molecule has 4 atom stereocenters. The lowest BCUT2D eigenvalue weighted by molar-refractivity contribution is -0.123. The molecule has 2 bridgehead atoms. The normalized spacial score (nSPS) is 33.4. The molecule has 22 heavy (non-hydrogen) atoms. The molecule has 1 aromatic carbocycles. The minimum atomic E-state index is -0.342. The van der Waals surface area contributed by atoms with Gasteiger partial charge in [0.25, 0.3) is 0 Å². The molecular weight excluding hydrogens is 296 g/mol. The topological polar surface area (TPSA) is 40.6 Å². The lowest BCUT2D eigenvalue weighted by Gasteiger charge is -2.48. The largest absolute Gasteiger partial charge is 0.361 e. The van der Waals surface area contributed by atoms with E-state index < -0.39 is 0 Å². The molecule has 0 saturated carbocycles. The van der Waals surface area contributed by atoms with Gasteiger partial charge in [0.2, 0.25) is 11.8 Å². The third-order valence-corrected chi connectivity index (χ3v) is 5.66. The predicted octanol–water partition coefficient (Wildman–Crippen LogP) is 2.01. The number of amides is 2. The minimum Gasteiger partial charge on any atom is -0.361 e. The van der Waals surface area contributed by atoms with E-state index in [2.05, 4.69) is 6.08 Å². The number of para-hydroxylation sites is 1. The van der Waals surface area contributed by atoms with Gasteiger partial charge in [-0.1, -0.05) is 42.1 Å².